The van der Waals surface area contributed by atoms with E-state index in [9.17, 15) is 0 Å². The molecule has 0 fully saturated rings. The van der Waals surface area contributed by atoms with Crippen molar-refractivity contribution in [1.82, 2.24) is 0 Å². The molecule has 3 aromatic rings. The number of rotatable bonds is 0. The van der Waals surface area contributed by atoms with Gasteiger partial charge in [0.15, 0.2) is 0 Å². The molecule has 0 unspecified atom stereocenters. The molecule has 166 valence electrons. The van der Waals surface area contributed by atoms with Crippen LogP contribution in [0.25, 0.3) is 0 Å². The van der Waals surface area contributed by atoms with Gasteiger partial charge in [-0.25, -0.2) is 0 Å². The highest BCUT2D eigenvalue weighted by Gasteiger charge is 2.60. The Morgan fingerprint density at radius 2 is 0.939 bits per heavy atom. The van der Waals surface area contributed by atoms with E-state index in [1.807, 2.05) is 0 Å². The predicted octanol–water partition coefficient (Wildman–Crippen LogP) is 5.25. The summed E-state index contributed by atoms with van der Waals surface area (Å²) in [4.78, 5) is 5.35. The van der Waals surface area contributed by atoms with Gasteiger partial charge in [0.05, 0.1) is 0 Å². The van der Waals surface area contributed by atoms with E-state index in [2.05, 4.69) is 120 Å². The Balaban J connectivity index is 1.66. The molecular weight excluding hydrogens is 399 g/mol. The van der Waals surface area contributed by atoms with Crippen molar-refractivity contribution in [2.45, 2.75) is 77.3 Å². The zero-order chi connectivity index (χ0) is 23.3. The first-order valence-electron chi connectivity index (χ1n) is 12.4. The second-order valence-electron chi connectivity index (χ2n) is 12.7. The van der Waals surface area contributed by atoms with Gasteiger partial charge in [0, 0.05) is 44.7 Å². The summed E-state index contributed by atoms with van der Waals surface area (Å²) in [5.74, 6) is 0. The number of hydrogen-bond acceptors (Lipinski definition) is 2. The maximum Gasteiger partial charge on any atom is 0.252 e. The van der Waals surface area contributed by atoms with Crippen LogP contribution < -0.4 is 26.2 Å². The van der Waals surface area contributed by atoms with Gasteiger partial charge in [-0.15, -0.1) is 0 Å². The minimum Gasteiger partial charge on any atom is -0.336 e. The Kier molecular flexibility index (Phi) is 3.20. The van der Waals surface area contributed by atoms with Gasteiger partial charge in [-0.3, -0.25) is 0 Å². The Morgan fingerprint density at radius 1 is 0.545 bits per heavy atom. The summed E-state index contributed by atoms with van der Waals surface area (Å²) in [5.41, 5.74) is 13.2. The lowest BCUT2D eigenvalue weighted by molar-refractivity contribution is 0.329. The molecule has 4 aliphatic heterocycles. The summed E-state index contributed by atoms with van der Waals surface area (Å²) < 4.78 is 0. The lowest BCUT2D eigenvalue weighted by Gasteiger charge is -2.50. The van der Waals surface area contributed by atoms with E-state index in [4.69, 9.17) is 0 Å². The summed E-state index contributed by atoms with van der Waals surface area (Å²) in [5, 5.41) is 0. The third kappa shape index (κ3) is 1.83. The first-order valence-corrected chi connectivity index (χ1v) is 12.4. The van der Waals surface area contributed by atoms with Crippen LogP contribution in [0, 0.1) is 0 Å². The fourth-order valence-electron chi connectivity index (χ4n) is 7.42. The van der Waals surface area contributed by atoms with Gasteiger partial charge in [-0.2, -0.15) is 0 Å². The van der Waals surface area contributed by atoms with E-state index in [-0.39, 0.29) is 28.6 Å². The molecule has 2 nitrogen and oxygen atoms in total. The summed E-state index contributed by atoms with van der Waals surface area (Å²) in [6.07, 6.45) is 0. The Hall–Kier alpha value is -2.68. The van der Waals surface area contributed by atoms with Gasteiger partial charge in [0.25, 0.3) is 6.71 Å². The summed E-state index contributed by atoms with van der Waals surface area (Å²) in [6, 6.07) is 21.2. The molecule has 4 aliphatic rings. The Labute approximate surface area is 198 Å². The molecule has 0 spiro atoms. The summed E-state index contributed by atoms with van der Waals surface area (Å²) in [7, 11) is 0. The van der Waals surface area contributed by atoms with Crippen LogP contribution in [0.4, 0.5) is 22.7 Å². The largest absolute Gasteiger partial charge is 0.336 e. The lowest BCUT2D eigenvalue weighted by atomic mass is 9.33. The number of fused-ring (bicyclic) bond motifs is 4. The zero-order valence-corrected chi connectivity index (χ0v) is 21.2. The first kappa shape index (κ1) is 19.8. The number of benzene rings is 3. The van der Waals surface area contributed by atoms with Crippen molar-refractivity contribution in [3.05, 3.63) is 65.7 Å². The standard InChI is InChI=1S/C30H33BN2/c1-27(2)18-12-9-14-20-25(18)32(29(27,5)6)22-16-11-17-23-24(22)31(20)21-15-10-13-19-26(21)33(23)30(7,8)28(19,3)4/h9-17H,1-8H3. The van der Waals surface area contributed by atoms with Crippen LogP contribution in [0.15, 0.2) is 54.6 Å². The molecule has 0 saturated heterocycles. The van der Waals surface area contributed by atoms with Crippen LogP contribution in [0.5, 0.6) is 0 Å². The number of anilines is 4. The van der Waals surface area contributed by atoms with Crippen LogP contribution in [0.2, 0.25) is 0 Å². The fourth-order valence-corrected chi connectivity index (χ4v) is 7.42. The molecule has 0 radical (unpaired) electrons. The van der Waals surface area contributed by atoms with Crippen LogP contribution in [0.1, 0.15) is 66.5 Å². The molecule has 0 bridgehead atoms. The van der Waals surface area contributed by atoms with Crippen molar-refractivity contribution in [1.29, 1.82) is 0 Å². The van der Waals surface area contributed by atoms with E-state index in [1.165, 1.54) is 50.3 Å². The van der Waals surface area contributed by atoms with E-state index in [1.54, 1.807) is 0 Å². The smallest absolute Gasteiger partial charge is 0.252 e. The zero-order valence-electron chi connectivity index (χ0n) is 21.2. The SMILES string of the molecule is CC1(C)c2cccc3c2N(c2cccc4c2B3c2cccc3c2N4C(C)(C)C3(C)C)C1(C)C. The molecular formula is C30H33BN2. The molecule has 0 aromatic heterocycles. The quantitative estimate of drug-likeness (QED) is 0.448. The van der Waals surface area contributed by atoms with Crippen LogP contribution in [-0.2, 0) is 10.8 Å². The minimum absolute atomic E-state index is 0.0204. The van der Waals surface area contributed by atoms with Gasteiger partial charge in [0.2, 0.25) is 0 Å². The fraction of sp³-hybridized carbons (Fsp3) is 0.400. The molecule has 7 rings (SSSR count). The number of para-hydroxylation sites is 2. The number of nitrogens with zero attached hydrogens (tertiary/aromatic N) is 2. The Bertz CT molecular complexity index is 1290. The van der Waals surface area contributed by atoms with Crippen molar-refractivity contribution in [3.63, 3.8) is 0 Å². The van der Waals surface area contributed by atoms with Crippen molar-refractivity contribution in [3.8, 4) is 0 Å². The van der Waals surface area contributed by atoms with Gasteiger partial charge in [0.1, 0.15) is 0 Å². The second kappa shape index (κ2) is 5.35. The lowest BCUT2D eigenvalue weighted by Crippen LogP contribution is -2.65. The molecule has 3 heteroatoms. The maximum absolute atomic E-state index is 2.68. The average molecular weight is 432 g/mol. The van der Waals surface area contributed by atoms with Crippen molar-refractivity contribution in [2.24, 2.45) is 0 Å². The average Bonchev–Trinajstić information content (AvgIpc) is 3.03. The molecule has 3 aromatic carbocycles. The number of hydrogen-bond donors (Lipinski definition) is 0. The highest BCUT2D eigenvalue weighted by atomic mass is 15.3. The Morgan fingerprint density at radius 3 is 1.36 bits per heavy atom. The topological polar surface area (TPSA) is 6.48 Å². The highest BCUT2D eigenvalue weighted by Crippen LogP contribution is 2.59. The van der Waals surface area contributed by atoms with E-state index >= 15 is 0 Å². The van der Waals surface area contributed by atoms with E-state index in [0.717, 1.165) is 0 Å². The second-order valence-corrected chi connectivity index (χ2v) is 12.7. The van der Waals surface area contributed by atoms with Crippen molar-refractivity contribution < 1.29 is 0 Å². The third-order valence-electron chi connectivity index (χ3n) is 10.6. The highest BCUT2D eigenvalue weighted by molar-refractivity contribution is 7.00. The van der Waals surface area contributed by atoms with Crippen LogP contribution in [0.3, 0.4) is 0 Å². The predicted molar refractivity (Wildman–Crippen MR) is 142 cm³/mol. The summed E-state index contributed by atoms with van der Waals surface area (Å²) >= 11 is 0. The minimum atomic E-state index is -0.0204. The first-order chi connectivity index (χ1) is 15.4. The molecule has 0 amide bonds. The molecule has 0 atom stereocenters. The normalized spacial score (nSPS) is 22.7. The van der Waals surface area contributed by atoms with Gasteiger partial charge < -0.3 is 9.80 Å². The maximum atomic E-state index is 2.68. The van der Waals surface area contributed by atoms with Crippen molar-refractivity contribution >= 4 is 45.9 Å². The van der Waals surface area contributed by atoms with Crippen LogP contribution >= 0.6 is 0 Å². The van der Waals surface area contributed by atoms with Gasteiger partial charge in [-0.05, 0) is 67.3 Å². The van der Waals surface area contributed by atoms with Gasteiger partial charge in [-0.1, -0.05) is 70.2 Å². The van der Waals surface area contributed by atoms with E-state index in [0.29, 0.717) is 0 Å². The molecule has 4 heterocycles. The monoisotopic (exact) mass is 432 g/mol. The molecule has 33 heavy (non-hydrogen) atoms. The van der Waals surface area contributed by atoms with E-state index < -0.39 is 0 Å². The van der Waals surface area contributed by atoms with Crippen LogP contribution in [-0.4, -0.2) is 17.8 Å². The third-order valence-corrected chi connectivity index (χ3v) is 10.6. The molecule has 0 saturated carbocycles. The summed E-state index contributed by atoms with van der Waals surface area (Å²) in [6.45, 7) is 19.7. The molecule has 0 N–H and O–H groups in total. The molecule has 0 aliphatic carbocycles. The van der Waals surface area contributed by atoms with Crippen molar-refractivity contribution in [2.75, 3.05) is 9.80 Å². The van der Waals surface area contributed by atoms with Gasteiger partial charge >= 0.3 is 0 Å².